The molecule has 1 aromatic carbocycles. The van der Waals surface area contributed by atoms with E-state index < -0.39 is 23.2 Å². The summed E-state index contributed by atoms with van der Waals surface area (Å²) in [4.78, 5) is 15.6. The number of carbonyl (C=O) groups is 1. The van der Waals surface area contributed by atoms with Crippen LogP contribution in [0, 0.1) is 11.6 Å². The summed E-state index contributed by atoms with van der Waals surface area (Å²) in [6.45, 7) is 2.38. The second-order valence-corrected chi connectivity index (χ2v) is 5.37. The van der Waals surface area contributed by atoms with E-state index >= 15 is 0 Å². The summed E-state index contributed by atoms with van der Waals surface area (Å²) in [5.41, 5.74) is -0.396. The summed E-state index contributed by atoms with van der Waals surface area (Å²) in [6.07, 6.45) is -0.0830. The minimum atomic E-state index is -0.804. The highest BCUT2D eigenvalue weighted by Crippen LogP contribution is 2.24. The van der Waals surface area contributed by atoms with Gasteiger partial charge >= 0.3 is 6.03 Å². The van der Waals surface area contributed by atoms with E-state index in [1.54, 1.807) is 0 Å². The molecule has 1 atom stereocenters. The van der Waals surface area contributed by atoms with Gasteiger partial charge in [0.15, 0.2) is 5.82 Å². The Hall–Kier alpha value is -2.59. The number of hydrogen-bond donors (Lipinski definition) is 3. The molecule has 1 unspecified atom stereocenters. The summed E-state index contributed by atoms with van der Waals surface area (Å²) in [7, 11) is 0. The van der Waals surface area contributed by atoms with Crippen LogP contribution < -0.4 is 16.0 Å². The van der Waals surface area contributed by atoms with Crippen LogP contribution in [-0.2, 0) is 11.3 Å². The summed E-state index contributed by atoms with van der Waals surface area (Å²) < 4.78 is 37.7. The van der Waals surface area contributed by atoms with Gasteiger partial charge in [-0.15, -0.1) is 0 Å². The van der Waals surface area contributed by atoms with E-state index in [-0.39, 0.29) is 24.4 Å². The number of nitrogens with zero attached hydrogens (tertiary/aromatic N) is 2. The quantitative estimate of drug-likeness (QED) is 0.735. The molecule has 0 spiro atoms. The van der Waals surface area contributed by atoms with Gasteiger partial charge in [0.1, 0.15) is 17.2 Å². The molecule has 1 fully saturated rings. The zero-order valence-corrected chi connectivity index (χ0v) is 13.2. The molecule has 2 amide bonds. The maximum absolute atomic E-state index is 13.7. The molecule has 2 aromatic rings. The van der Waals surface area contributed by atoms with Crippen molar-refractivity contribution in [2.75, 3.05) is 26.2 Å². The van der Waals surface area contributed by atoms with E-state index in [9.17, 15) is 13.6 Å². The van der Waals surface area contributed by atoms with Crippen molar-refractivity contribution in [2.45, 2.75) is 12.6 Å². The van der Waals surface area contributed by atoms with Gasteiger partial charge in [0.25, 0.3) is 5.89 Å². The third kappa shape index (κ3) is 4.48. The van der Waals surface area contributed by atoms with Crippen LogP contribution in [0.5, 0.6) is 0 Å². The Balaban J connectivity index is 1.50. The number of benzene rings is 1. The van der Waals surface area contributed by atoms with Gasteiger partial charge in [0.05, 0.1) is 19.3 Å². The van der Waals surface area contributed by atoms with Crippen LogP contribution in [0.3, 0.4) is 0 Å². The van der Waals surface area contributed by atoms with E-state index in [0.29, 0.717) is 19.7 Å². The first-order chi connectivity index (χ1) is 12.1. The zero-order valence-electron chi connectivity index (χ0n) is 13.2. The molecule has 1 aliphatic rings. The van der Waals surface area contributed by atoms with E-state index in [0.717, 1.165) is 18.7 Å². The lowest BCUT2D eigenvalue weighted by Crippen LogP contribution is -2.47. The molecule has 0 radical (unpaired) electrons. The lowest BCUT2D eigenvalue weighted by molar-refractivity contribution is 0.0307. The standard InChI is InChI=1S/C15H17F2N5O3/c16-10-2-1-3-11(17)13(10)14-21-12(22-25-14)8-20-15(23)19-7-9-6-18-4-5-24-9/h1-3,9,18H,4-8H2,(H2,19,20,23). The van der Waals surface area contributed by atoms with Crippen LogP contribution in [0.25, 0.3) is 11.5 Å². The van der Waals surface area contributed by atoms with Crippen molar-refractivity contribution in [3.8, 4) is 11.5 Å². The first-order valence-corrected chi connectivity index (χ1v) is 7.74. The number of hydrogen-bond acceptors (Lipinski definition) is 6. The Morgan fingerprint density at radius 1 is 1.32 bits per heavy atom. The Bertz CT molecular complexity index is 713. The smallest absolute Gasteiger partial charge is 0.315 e. The molecular formula is C15H17F2N5O3. The van der Waals surface area contributed by atoms with Crippen LogP contribution >= 0.6 is 0 Å². The maximum Gasteiger partial charge on any atom is 0.315 e. The van der Waals surface area contributed by atoms with Gasteiger partial charge in [-0.2, -0.15) is 4.98 Å². The predicted octanol–water partition coefficient (Wildman–Crippen LogP) is 0.802. The molecule has 134 valence electrons. The average Bonchev–Trinajstić information content (AvgIpc) is 3.07. The van der Waals surface area contributed by atoms with Crippen LogP contribution in [0.2, 0.25) is 0 Å². The van der Waals surface area contributed by atoms with Crippen LogP contribution in [-0.4, -0.2) is 48.5 Å². The van der Waals surface area contributed by atoms with Crippen molar-refractivity contribution in [3.05, 3.63) is 35.7 Å². The molecule has 0 saturated carbocycles. The van der Waals surface area contributed by atoms with Crippen LogP contribution in [0.4, 0.5) is 13.6 Å². The molecule has 25 heavy (non-hydrogen) atoms. The highest BCUT2D eigenvalue weighted by molar-refractivity contribution is 5.73. The number of ether oxygens (including phenoxy) is 1. The molecule has 1 aliphatic heterocycles. The number of nitrogens with one attached hydrogen (secondary N) is 3. The first-order valence-electron chi connectivity index (χ1n) is 7.74. The highest BCUT2D eigenvalue weighted by atomic mass is 19.1. The third-order valence-corrected chi connectivity index (χ3v) is 3.55. The molecule has 3 rings (SSSR count). The summed E-state index contributed by atoms with van der Waals surface area (Å²) in [5, 5.41) is 11.9. The molecule has 1 saturated heterocycles. The van der Waals surface area contributed by atoms with E-state index in [1.807, 2.05) is 0 Å². The lowest BCUT2D eigenvalue weighted by Gasteiger charge is -2.23. The Labute approximate surface area is 141 Å². The minimum Gasteiger partial charge on any atom is -0.374 e. The van der Waals surface area contributed by atoms with Gasteiger partial charge in [-0.05, 0) is 12.1 Å². The molecule has 8 nitrogen and oxygen atoms in total. The van der Waals surface area contributed by atoms with Gasteiger partial charge in [-0.3, -0.25) is 0 Å². The van der Waals surface area contributed by atoms with E-state index in [1.165, 1.54) is 6.07 Å². The van der Waals surface area contributed by atoms with Gasteiger partial charge in [0, 0.05) is 19.6 Å². The van der Waals surface area contributed by atoms with Crippen molar-refractivity contribution in [3.63, 3.8) is 0 Å². The van der Waals surface area contributed by atoms with Gasteiger partial charge in [-0.1, -0.05) is 11.2 Å². The Morgan fingerprint density at radius 2 is 2.12 bits per heavy atom. The molecule has 0 bridgehead atoms. The number of amides is 2. The maximum atomic E-state index is 13.7. The molecule has 3 N–H and O–H groups in total. The fraction of sp³-hybridized carbons (Fsp3) is 0.400. The topological polar surface area (TPSA) is 101 Å². The third-order valence-electron chi connectivity index (χ3n) is 3.55. The van der Waals surface area contributed by atoms with Gasteiger partial charge < -0.3 is 25.2 Å². The van der Waals surface area contributed by atoms with E-state index in [4.69, 9.17) is 9.26 Å². The SMILES string of the molecule is O=C(NCc1noc(-c2c(F)cccc2F)n1)NCC1CNCCO1. The summed E-state index contributed by atoms with van der Waals surface area (Å²) in [5.74, 6) is -1.79. The number of urea groups is 1. The first kappa shape index (κ1) is 17.2. The normalized spacial score (nSPS) is 17.3. The number of aromatic nitrogens is 2. The molecule has 10 heteroatoms. The average molecular weight is 353 g/mol. The van der Waals surface area contributed by atoms with Crippen molar-refractivity contribution < 1.29 is 22.8 Å². The molecular weight excluding hydrogens is 336 g/mol. The molecule has 0 aliphatic carbocycles. The number of halogens is 2. The predicted molar refractivity (Wildman–Crippen MR) is 82.5 cm³/mol. The second-order valence-electron chi connectivity index (χ2n) is 5.37. The van der Waals surface area contributed by atoms with Crippen LogP contribution in [0.1, 0.15) is 5.82 Å². The summed E-state index contributed by atoms with van der Waals surface area (Å²) in [6, 6.07) is 2.99. The van der Waals surface area contributed by atoms with Gasteiger partial charge in [0.2, 0.25) is 0 Å². The Morgan fingerprint density at radius 3 is 2.84 bits per heavy atom. The number of morpholine rings is 1. The zero-order chi connectivity index (χ0) is 17.6. The monoisotopic (exact) mass is 353 g/mol. The summed E-state index contributed by atoms with van der Waals surface area (Å²) >= 11 is 0. The fourth-order valence-electron chi connectivity index (χ4n) is 2.31. The highest BCUT2D eigenvalue weighted by Gasteiger charge is 2.18. The number of carbonyl (C=O) groups excluding carboxylic acids is 1. The van der Waals surface area contributed by atoms with Crippen molar-refractivity contribution >= 4 is 6.03 Å². The van der Waals surface area contributed by atoms with Crippen molar-refractivity contribution in [2.24, 2.45) is 0 Å². The largest absolute Gasteiger partial charge is 0.374 e. The lowest BCUT2D eigenvalue weighted by atomic mass is 10.2. The van der Waals surface area contributed by atoms with Crippen LogP contribution in [0.15, 0.2) is 22.7 Å². The Kier molecular flexibility index (Phi) is 5.51. The van der Waals surface area contributed by atoms with Crippen molar-refractivity contribution in [1.29, 1.82) is 0 Å². The van der Waals surface area contributed by atoms with Crippen molar-refractivity contribution in [1.82, 2.24) is 26.1 Å². The number of rotatable bonds is 5. The van der Waals surface area contributed by atoms with E-state index in [2.05, 4.69) is 26.1 Å². The second kappa shape index (κ2) is 7.99. The molecule has 2 heterocycles. The minimum absolute atomic E-state index is 0.0464. The molecule has 1 aromatic heterocycles. The van der Waals surface area contributed by atoms with Gasteiger partial charge in [-0.25, -0.2) is 13.6 Å². The fourth-order valence-corrected chi connectivity index (χ4v) is 2.31.